The lowest BCUT2D eigenvalue weighted by Gasteiger charge is -2.24. The Morgan fingerprint density at radius 1 is 1.13 bits per heavy atom. The first kappa shape index (κ1) is 20.9. The Morgan fingerprint density at radius 3 is 2.57 bits per heavy atom. The van der Waals surface area contributed by atoms with Gasteiger partial charge in [0.1, 0.15) is 0 Å². The molecule has 158 valence electrons. The highest BCUT2D eigenvalue weighted by molar-refractivity contribution is 9.10. The molecule has 2 aromatic heterocycles. The summed E-state index contributed by atoms with van der Waals surface area (Å²) in [5, 5.41) is 3.96. The highest BCUT2D eigenvalue weighted by Gasteiger charge is 2.22. The molecule has 3 aromatic rings. The molecule has 4 rings (SSSR count). The lowest BCUT2D eigenvalue weighted by molar-refractivity contribution is 0.0952. The minimum absolute atomic E-state index is 0.146. The zero-order valence-electron chi connectivity index (χ0n) is 17.8. The van der Waals surface area contributed by atoms with Gasteiger partial charge in [-0.15, -0.1) is 0 Å². The van der Waals surface area contributed by atoms with Crippen LogP contribution in [0.1, 0.15) is 70.9 Å². The Kier molecular flexibility index (Phi) is 5.87. The van der Waals surface area contributed by atoms with Gasteiger partial charge in [-0.2, -0.15) is 0 Å². The molecule has 2 N–H and O–H groups in total. The minimum Gasteiger partial charge on any atom is -0.348 e. The van der Waals surface area contributed by atoms with Crippen LogP contribution in [0.2, 0.25) is 0 Å². The fraction of sp³-hybridized carbons (Fsp3) is 0.417. The summed E-state index contributed by atoms with van der Waals surface area (Å²) in [6, 6.07) is 6.41. The Labute approximate surface area is 185 Å². The van der Waals surface area contributed by atoms with E-state index in [2.05, 4.69) is 50.0 Å². The van der Waals surface area contributed by atoms with E-state index in [4.69, 9.17) is 0 Å². The minimum atomic E-state index is -0.162. The van der Waals surface area contributed by atoms with Crippen LogP contribution < -0.4 is 10.9 Å². The molecular formula is C24H28BrN3O2. The van der Waals surface area contributed by atoms with E-state index in [0.29, 0.717) is 17.2 Å². The van der Waals surface area contributed by atoms with E-state index in [1.165, 1.54) is 32.1 Å². The first-order valence-corrected chi connectivity index (χ1v) is 11.4. The maximum Gasteiger partial charge on any atom is 0.253 e. The number of nitrogens with zero attached hydrogens (tertiary/aromatic N) is 1. The number of amides is 1. The number of hydrogen-bond acceptors (Lipinski definition) is 2. The Morgan fingerprint density at radius 2 is 1.87 bits per heavy atom. The third-order valence-corrected chi connectivity index (χ3v) is 6.68. The van der Waals surface area contributed by atoms with E-state index in [-0.39, 0.29) is 18.0 Å². The molecule has 1 aliphatic rings. The summed E-state index contributed by atoms with van der Waals surface area (Å²) >= 11 is 3.60. The Balaban J connectivity index is 1.68. The smallest absolute Gasteiger partial charge is 0.253 e. The molecule has 30 heavy (non-hydrogen) atoms. The number of pyridine rings is 1. The molecule has 0 spiro atoms. The normalized spacial score (nSPS) is 14.9. The van der Waals surface area contributed by atoms with Crippen molar-refractivity contribution in [3.63, 3.8) is 0 Å². The average molecular weight is 470 g/mol. The first-order chi connectivity index (χ1) is 14.3. The van der Waals surface area contributed by atoms with Crippen LogP contribution in [0.5, 0.6) is 0 Å². The molecule has 1 aliphatic carbocycles. The summed E-state index contributed by atoms with van der Waals surface area (Å²) in [6.45, 7) is 6.03. The molecule has 0 atom stereocenters. The van der Waals surface area contributed by atoms with Gasteiger partial charge in [-0.3, -0.25) is 9.59 Å². The number of hydrogen-bond donors (Lipinski definition) is 2. The summed E-state index contributed by atoms with van der Waals surface area (Å²) in [5.74, 6) is -0.162. The lowest BCUT2D eigenvalue weighted by Crippen LogP contribution is -2.28. The van der Waals surface area contributed by atoms with Crippen molar-refractivity contribution in [3.8, 4) is 0 Å². The van der Waals surface area contributed by atoms with Crippen molar-refractivity contribution in [3.05, 3.63) is 67.2 Å². The second kappa shape index (κ2) is 8.42. The predicted octanol–water partition coefficient (Wildman–Crippen LogP) is 5.45. The second-order valence-corrected chi connectivity index (χ2v) is 9.40. The van der Waals surface area contributed by atoms with E-state index in [0.717, 1.165) is 32.2 Å². The van der Waals surface area contributed by atoms with Gasteiger partial charge < -0.3 is 14.9 Å². The molecule has 1 fully saturated rings. The van der Waals surface area contributed by atoms with E-state index in [1.54, 1.807) is 0 Å². The van der Waals surface area contributed by atoms with Crippen LogP contribution in [0.25, 0.3) is 10.9 Å². The molecule has 1 saturated carbocycles. The van der Waals surface area contributed by atoms with Crippen LogP contribution >= 0.6 is 15.9 Å². The van der Waals surface area contributed by atoms with Crippen LogP contribution in [-0.2, 0) is 6.54 Å². The van der Waals surface area contributed by atoms with Gasteiger partial charge in [0.05, 0.1) is 11.1 Å². The molecule has 0 saturated heterocycles. The van der Waals surface area contributed by atoms with E-state index < -0.39 is 0 Å². The average Bonchev–Trinajstić information content (AvgIpc) is 3.03. The van der Waals surface area contributed by atoms with E-state index >= 15 is 0 Å². The summed E-state index contributed by atoms with van der Waals surface area (Å²) in [7, 11) is 0. The van der Waals surface area contributed by atoms with Gasteiger partial charge in [-0.25, -0.2) is 0 Å². The molecule has 1 amide bonds. The molecule has 0 aliphatic heterocycles. The topological polar surface area (TPSA) is 66.9 Å². The number of benzene rings is 1. The van der Waals surface area contributed by atoms with Gasteiger partial charge in [-0.1, -0.05) is 35.2 Å². The number of aromatic amines is 1. The van der Waals surface area contributed by atoms with Crippen LogP contribution in [-0.4, -0.2) is 15.5 Å². The largest absolute Gasteiger partial charge is 0.348 e. The number of H-pyrrole nitrogens is 1. The molecule has 5 nitrogen and oxygen atoms in total. The summed E-state index contributed by atoms with van der Waals surface area (Å²) in [5.41, 5.74) is 5.01. The van der Waals surface area contributed by atoms with Crippen molar-refractivity contribution >= 4 is 32.7 Å². The zero-order valence-corrected chi connectivity index (χ0v) is 19.4. The van der Waals surface area contributed by atoms with Crippen molar-refractivity contribution in [2.75, 3.05) is 0 Å². The van der Waals surface area contributed by atoms with Crippen molar-refractivity contribution < 1.29 is 4.79 Å². The maximum absolute atomic E-state index is 13.2. The second-order valence-electron chi connectivity index (χ2n) is 8.48. The van der Waals surface area contributed by atoms with Gasteiger partial charge in [0.15, 0.2) is 0 Å². The number of rotatable bonds is 4. The van der Waals surface area contributed by atoms with E-state index in [9.17, 15) is 9.59 Å². The summed E-state index contributed by atoms with van der Waals surface area (Å²) < 4.78 is 3.25. The quantitative estimate of drug-likeness (QED) is 0.533. The maximum atomic E-state index is 13.2. The van der Waals surface area contributed by atoms with Crippen LogP contribution in [0, 0.1) is 20.8 Å². The molecule has 0 radical (unpaired) electrons. The molecule has 6 heteroatoms. The van der Waals surface area contributed by atoms with Crippen molar-refractivity contribution in [2.45, 2.75) is 65.5 Å². The van der Waals surface area contributed by atoms with Crippen LogP contribution in [0.4, 0.5) is 0 Å². The van der Waals surface area contributed by atoms with Gasteiger partial charge in [0, 0.05) is 39.9 Å². The number of carbonyl (C=O) groups excluding carboxylic acids is 1. The Bertz CT molecular complexity index is 1170. The molecule has 1 aromatic carbocycles. The lowest BCUT2D eigenvalue weighted by atomic mass is 9.95. The molecule has 2 heterocycles. The highest BCUT2D eigenvalue weighted by atomic mass is 79.9. The number of halogens is 1. The molecular weight excluding hydrogens is 442 g/mol. The van der Waals surface area contributed by atoms with Gasteiger partial charge in [0.25, 0.3) is 11.5 Å². The number of aromatic nitrogens is 2. The highest BCUT2D eigenvalue weighted by Crippen LogP contribution is 2.35. The fourth-order valence-electron chi connectivity index (χ4n) is 4.76. The van der Waals surface area contributed by atoms with Gasteiger partial charge in [-0.05, 0) is 62.9 Å². The molecule has 0 bridgehead atoms. The Hall–Kier alpha value is -2.34. The fourth-order valence-corrected chi connectivity index (χ4v) is 5.20. The van der Waals surface area contributed by atoms with Crippen molar-refractivity contribution in [1.29, 1.82) is 0 Å². The monoisotopic (exact) mass is 469 g/mol. The predicted molar refractivity (Wildman–Crippen MR) is 124 cm³/mol. The standard InChI is InChI=1S/C24H28BrN3O2/c1-14-9-16(3)27-24(30)20(14)12-26-23(29)19-10-17(25)11-21-22(19)15(2)13-28(21)18-7-5-4-6-8-18/h9-11,13,18H,4-8,12H2,1-3H3,(H,26,29)(H,27,30). The van der Waals surface area contributed by atoms with Gasteiger partial charge >= 0.3 is 0 Å². The van der Waals surface area contributed by atoms with Crippen molar-refractivity contribution in [1.82, 2.24) is 14.9 Å². The van der Waals surface area contributed by atoms with Crippen LogP contribution in [0.3, 0.4) is 0 Å². The SMILES string of the molecule is Cc1cc(C)c(CNC(=O)c2cc(Br)cc3c2c(C)cn3C2CCCCC2)c(=O)[nH]1. The summed E-state index contributed by atoms with van der Waals surface area (Å²) in [6.07, 6.45) is 8.39. The molecule has 0 unspecified atom stereocenters. The number of fused-ring (bicyclic) bond motifs is 1. The van der Waals surface area contributed by atoms with E-state index in [1.807, 2.05) is 26.0 Å². The number of carbonyl (C=O) groups is 1. The van der Waals surface area contributed by atoms with Crippen molar-refractivity contribution in [2.24, 2.45) is 0 Å². The first-order valence-electron chi connectivity index (χ1n) is 10.6. The summed E-state index contributed by atoms with van der Waals surface area (Å²) in [4.78, 5) is 28.3. The third-order valence-electron chi connectivity index (χ3n) is 6.22. The van der Waals surface area contributed by atoms with Gasteiger partial charge in [0.2, 0.25) is 0 Å². The number of aryl methyl sites for hydroxylation is 3. The zero-order chi connectivity index (χ0) is 21.4. The number of nitrogens with one attached hydrogen (secondary N) is 2. The third kappa shape index (κ3) is 3.97. The van der Waals surface area contributed by atoms with Crippen LogP contribution in [0.15, 0.2) is 33.7 Å².